The third-order valence-electron chi connectivity index (χ3n) is 5.36. The highest BCUT2D eigenvalue weighted by Crippen LogP contribution is 2.41. The van der Waals surface area contributed by atoms with E-state index < -0.39 is 54.2 Å². The second-order valence-electron chi connectivity index (χ2n) is 7.44. The molecule has 0 spiro atoms. The fourth-order valence-corrected chi connectivity index (χ4v) is 3.67. The van der Waals surface area contributed by atoms with Gasteiger partial charge < -0.3 is 49.3 Å². The van der Waals surface area contributed by atoms with Crippen LogP contribution >= 0.6 is 0 Å². The smallest absolute Gasteiger partial charge is 0.229 e. The van der Waals surface area contributed by atoms with Gasteiger partial charge in [0, 0.05) is 12.1 Å². The average molecular weight is 462 g/mol. The first-order valence-corrected chi connectivity index (χ1v) is 9.90. The van der Waals surface area contributed by atoms with E-state index in [1.165, 1.54) is 13.2 Å². The van der Waals surface area contributed by atoms with Crippen molar-refractivity contribution in [1.29, 1.82) is 0 Å². The van der Waals surface area contributed by atoms with Gasteiger partial charge in [0.1, 0.15) is 47.1 Å². The summed E-state index contributed by atoms with van der Waals surface area (Å²) in [5, 5.41) is 59.6. The predicted octanol–water partition coefficient (Wildman–Crippen LogP) is 0.0585. The zero-order valence-corrected chi connectivity index (χ0v) is 17.3. The summed E-state index contributed by atoms with van der Waals surface area (Å²) in [4.78, 5) is 12.7. The molecule has 6 N–H and O–H groups in total. The molecule has 0 aliphatic carbocycles. The second-order valence-corrected chi connectivity index (χ2v) is 7.44. The van der Waals surface area contributed by atoms with Crippen molar-refractivity contribution in [3.8, 4) is 34.3 Å². The summed E-state index contributed by atoms with van der Waals surface area (Å²) in [5.74, 6) is -1.03. The number of para-hydroxylation sites is 1. The van der Waals surface area contributed by atoms with Crippen molar-refractivity contribution in [3.05, 3.63) is 46.6 Å². The Kier molecular flexibility index (Phi) is 6.15. The third kappa shape index (κ3) is 3.96. The third-order valence-corrected chi connectivity index (χ3v) is 5.36. The maximum Gasteiger partial charge on any atom is 0.229 e. The van der Waals surface area contributed by atoms with Crippen molar-refractivity contribution < 1.29 is 49.3 Å². The lowest BCUT2D eigenvalue weighted by atomic mass is 9.99. The monoisotopic (exact) mass is 462 g/mol. The Balaban J connectivity index is 1.79. The van der Waals surface area contributed by atoms with Crippen LogP contribution < -0.4 is 14.9 Å². The van der Waals surface area contributed by atoms with E-state index in [0.717, 1.165) is 12.1 Å². The topological polar surface area (TPSA) is 179 Å². The van der Waals surface area contributed by atoms with Crippen LogP contribution in [-0.4, -0.2) is 75.1 Å². The molecule has 0 bridgehead atoms. The molecule has 0 radical (unpaired) electrons. The number of hydrogen-bond donors (Lipinski definition) is 6. The maximum absolute atomic E-state index is 12.7. The second kappa shape index (κ2) is 8.89. The molecule has 4 rings (SSSR count). The van der Waals surface area contributed by atoms with E-state index in [0.29, 0.717) is 0 Å². The molecule has 11 heteroatoms. The van der Waals surface area contributed by atoms with Crippen LogP contribution in [0, 0.1) is 0 Å². The van der Waals surface area contributed by atoms with Crippen LogP contribution in [0.25, 0.3) is 22.3 Å². The van der Waals surface area contributed by atoms with Gasteiger partial charge in [0.15, 0.2) is 16.8 Å². The molecule has 2 aromatic carbocycles. The summed E-state index contributed by atoms with van der Waals surface area (Å²) in [6.45, 7) is -0.626. The lowest BCUT2D eigenvalue weighted by molar-refractivity contribution is -0.277. The van der Waals surface area contributed by atoms with Crippen molar-refractivity contribution in [2.45, 2.75) is 30.7 Å². The number of hydrogen-bond acceptors (Lipinski definition) is 11. The van der Waals surface area contributed by atoms with Gasteiger partial charge in [0.05, 0.1) is 19.3 Å². The predicted molar refractivity (Wildman–Crippen MR) is 112 cm³/mol. The molecule has 11 nitrogen and oxygen atoms in total. The highest BCUT2D eigenvalue weighted by molar-refractivity contribution is 5.91. The number of rotatable bonds is 5. The van der Waals surface area contributed by atoms with E-state index in [4.69, 9.17) is 18.6 Å². The minimum atomic E-state index is -1.64. The molecule has 1 saturated heterocycles. The van der Waals surface area contributed by atoms with E-state index in [2.05, 4.69) is 0 Å². The largest absolute Gasteiger partial charge is 0.507 e. The molecule has 0 saturated carbocycles. The van der Waals surface area contributed by atoms with Gasteiger partial charge in [0.25, 0.3) is 0 Å². The van der Waals surface area contributed by atoms with E-state index in [-0.39, 0.29) is 33.8 Å². The molecule has 0 unspecified atom stereocenters. The van der Waals surface area contributed by atoms with E-state index >= 15 is 0 Å². The molecule has 2 heterocycles. The lowest BCUT2D eigenvalue weighted by Crippen LogP contribution is -2.60. The van der Waals surface area contributed by atoms with Crippen LogP contribution in [0.2, 0.25) is 0 Å². The summed E-state index contributed by atoms with van der Waals surface area (Å²) >= 11 is 0. The molecule has 1 aliphatic rings. The quantitative estimate of drug-likeness (QED) is 0.302. The molecule has 3 aromatic rings. The first kappa shape index (κ1) is 22.8. The van der Waals surface area contributed by atoms with Gasteiger partial charge in [-0.1, -0.05) is 12.1 Å². The number of aromatic hydroxyl groups is 2. The zero-order chi connectivity index (χ0) is 23.9. The molecule has 1 aromatic heterocycles. The van der Waals surface area contributed by atoms with Gasteiger partial charge in [-0.2, -0.15) is 0 Å². The van der Waals surface area contributed by atoms with Gasteiger partial charge in [-0.15, -0.1) is 0 Å². The Morgan fingerprint density at radius 1 is 1.00 bits per heavy atom. The van der Waals surface area contributed by atoms with Crippen molar-refractivity contribution >= 4 is 11.0 Å². The number of aliphatic hydroxyl groups excluding tert-OH is 4. The van der Waals surface area contributed by atoms with E-state index in [9.17, 15) is 35.4 Å². The highest BCUT2D eigenvalue weighted by atomic mass is 16.7. The first-order chi connectivity index (χ1) is 15.8. The fourth-order valence-electron chi connectivity index (χ4n) is 3.67. The Morgan fingerprint density at radius 3 is 2.42 bits per heavy atom. The van der Waals surface area contributed by atoms with Crippen molar-refractivity contribution in [3.63, 3.8) is 0 Å². The zero-order valence-electron chi connectivity index (χ0n) is 17.3. The summed E-state index contributed by atoms with van der Waals surface area (Å²) in [6, 6.07) is 8.32. The van der Waals surface area contributed by atoms with Crippen LogP contribution in [0.4, 0.5) is 0 Å². The standard InChI is InChI=1S/C22H22O11/c1-30-20-12(26)6-10(24)16-11(25)7-14(31-21(16)20)9-4-2-3-5-13(9)32-22-19(29)18(28)17(27)15(8-23)33-22/h2-7,15,17-19,22-24,26-29H,8H2,1H3/t15-,17+,18-,19-,22+/m1/s1. The number of methoxy groups -OCH3 is 1. The first-order valence-electron chi connectivity index (χ1n) is 9.90. The average Bonchev–Trinajstić information content (AvgIpc) is 2.79. The van der Waals surface area contributed by atoms with Gasteiger partial charge in [-0.3, -0.25) is 4.79 Å². The number of benzene rings is 2. The highest BCUT2D eigenvalue weighted by Gasteiger charge is 2.45. The van der Waals surface area contributed by atoms with Crippen molar-refractivity contribution in [1.82, 2.24) is 0 Å². The Bertz CT molecular complexity index is 1220. The summed E-state index contributed by atoms with van der Waals surface area (Å²) in [5.41, 5.74) is -0.580. The number of ether oxygens (including phenoxy) is 3. The minimum absolute atomic E-state index is 0.0176. The van der Waals surface area contributed by atoms with Crippen molar-refractivity contribution in [2.75, 3.05) is 13.7 Å². The molecule has 1 fully saturated rings. The summed E-state index contributed by atoms with van der Waals surface area (Å²) in [7, 11) is 1.26. The minimum Gasteiger partial charge on any atom is -0.507 e. The molecular weight excluding hydrogens is 440 g/mol. The van der Waals surface area contributed by atoms with Crippen LogP contribution in [0.1, 0.15) is 0 Å². The number of aliphatic hydroxyl groups is 4. The van der Waals surface area contributed by atoms with Crippen molar-refractivity contribution in [2.24, 2.45) is 0 Å². The summed E-state index contributed by atoms with van der Waals surface area (Å²) < 4.78 is 22.0. The Hall–Kier alpha value is -3.35. The van der Waals surface area contributed by atoms with Gasteiger partial charge in [-0.25, -0.2) is 0 Å². The molecular formula is C22H22O11. The van der Waals surface area contributed by atoms with Crippen LogP contribution in [0.5, 0.6) is 23.0 Å². The SMILES string of the molecule is COc1c(O)cc(O)c2c(=O)cc(-c3ccccc3O[C@H]3O[C@H](CO)[C@H](O)[C@@H](O)[C@H]3O)oc12. The lowest BCUT2D eigenvalue weighted by Gasteiger charge is -2.39. The van der Waals surface area contributed by atoms with Gasteiger partial charge in [-0.05, 0) is 12.1 Å². The number of phenols is 2. The molecule has 1 aliphatic heterocycles. The Labute approximate surface area is 186 Å². The van der Waals surface area contributed by atoms with Crippen LogP contribution in [0.15, 0.2) is 45.6 Å². The van der Waals surface area contributed by atoms with Crippen LogP contribution in [-0.2, 0) is 4.74 Å². The van der Waals surface area contributed by atoms with Crippen LogP contribution in [0.3, 0.4) is 0 Å². The maximum atomic E-state index is 12.7. The number of fused-ring (bicyclic) bond motifs is 1. The normalized spacial score (nSPS) is 25.2. The molecule has 33 heavy (non-hydrogen) atoms. The Morgan fingerprint density at radius 2 is 1.73 bits per heavy atom. The van der Waals surface area contributed by atoms with E-state index in [1.807, 2.05) is 0 Å². The summed E-state index contributed by atoms with van der Waals surface area (Å²) in [6.07, 6.45) is -7.47. The van der Waals surface area contributed by atoms with Gasteiger partial charge >= 0.3 is 0 Å². The van der Waals surface area contributed by atoms with Gasteiger partial charge in [0.2, 0.25) is 12.0 Å². The molecule has 0 amide bonds. The fraction of sp³-hybridized carbons (Fsp3) is 0.318. The molecule has 5 atom stereocenters. The molecule has 176 valence electrons. The van der Waals surface area contributed by atoms with E-state index in [1.54, 1.807) is 18.2 Å². The number of phenolic OH excluding ortho intramolecular Hbond substituents is 2.